The van der Waals surface area contributed by atoms with Crippen LogP contribution in [-0.2, 0) is 11.3 Å². The molecule has 1 amide bonds. The van der Waals surface area contributed by atoms with Crippen LogP contribution in [-0.4, -0.2) is 19.5 Å². The lowest BCUT2D eigenvalue weighted by atomic mass is 10.2. The van der Waals surface area contributed by atoms with Crippen LogP contribution < -0.4 is 10.2 Å². The van der Waals surface area contributed by atoms with Crippen molar-refractivity contribution < 1.29 is 9.69 Å². The molecule has 0 aromatic heterocycles. The van der Waals surface area contributed by atoms with E-state index in [1.807, 2.05) is 42.5 Å². The van der Waals surface area contributed by atoms with Gasteiger partial charge in [0.2, 0.25) is 5.91 Å². The first kappa shape index (κ1) is 15.7. The molecular weight excluding hydrogens is 328 g/mol. The van der Waals surface area contributed by atoms with Crippen molar-refractivity contribution in [1.82, 2.24) is 0 Å². The summed E-state index contributed by atoms with van der Waals surface area (Å²) in [5.41, 5.74) is 2.13. The fraction of sp³-hybridized carbons (Fsp3) is 0.235. The highest BCUT2D eigenvalue weighted by Crippen LogP contribution is 2.14. The van der Waals surface area contributed by atoms with Crippen molar-refractivity contribution in [1.29, 1.82) is 0 Å². The third kappa shape index (κ3) is 5.69. The molecule has 110 valence electrons. The maximum absolute atomic E-state index is 11.9. The minimum atomic E-state index is 0.0599. The van der Waals surface area contributed by atoms with Gasteiger partial charge in [0, 0.05) is 15.7 Å². The molecule has 21 heavy (non-hydrogen) atoms. The van der Waals surface area contributed by atoms with E-state index in [1.54, 1.807) is 0 Å². The Morgan fingerprint density at radius 2 is 1.76 bits per heavy atom. The number of hydrogen-bond donors (Lipinski definition) is 2. The van der Waals surface area contributed by atoms with Gasteiger partial charge in [-0.3, -0.25) is 4.79 Å². The molecule has 2 N–H and O–H groups in total. The topological polar surface area (TPSA) is 33.5 Å². The molecule has 0 saturated carbocycles. The number of amides is 1. The zero-order valence-electron chi connectivity index (χ0n) is 12.1. The van der Waals surface area contributed by atoms with Crippen molar-refractivity contribution in [2.45, 2.75) is 13.0 Å². The largest absolute Gasteiger partial charge is 0.333 e. The van der Waals surface area contributed by atoms with Crippen LogP contribution in [0.25, 0.3) is 0 Å². The zero-order chi connectivity index (χ0) is 15.1. The Kier molecular flexibility index (Phi) is 5.96. The van der Waals surface area contributed by atoms with Crippen LogP contribution in [0.2, 0.25) is 0 Å². The molecule has 2 rings (SSSR count). The standard InChI is InChI=1S/C17H19BrN2O/c1-20(13-14-5-3-2-4-6-14)12-11-17(21)19-16-9-7-15(18)8-10-16/h2-10H,11-13H2,1H3,(H,19,21)/p+1. The first-order chi connectivity index (χ1) is 10.1. The van der Waals surface area contributed by atoms with E-state index >= 15 is 0 Å². The molecule has 0 fully saturated rings. The molecule has 0 aliphatic carbocycles. The van der Waals surface area contributed by atoms with E-state index in [-0.39, 0.29) is 5.91 Å². The Balaban J connectivity index is 1.74. The second-order valence-corrected chi connectivity index (χ2v) is 6.09. The molecule has 2 aromatic rings. The average molecular weight is 348 g/mol. The van der Waals surface area contributed by atoms with Gasteiger partial charge in [-0.25, -0.2) is 0 Å². The molecule has 1 atom stereocenters. The number of anilines is 1. The molecule has 0 saturated heterocycles. The SMILES string of the molecule is C[NH+](CCC(=O)Nc1ccc(Br)cc1)Cc1ccccc1. The molecule has 2 aromatic carbocycles. The van der Waals surface area contributed by atoms with Gasteiger partial charge in [-0.2, -0.15) is 0 Å². The van der Waals surface area contributed by atoms with Gasteiger partial charge < -0.3 is 10.2 Å². The fourth-order valence-electron chi connectivity index (χ4n) is 2.12. The van der Waals surface area contributed by atoms with Crippen LogP contribution in [0.15, 0.2) is 59.1 Å². The van der Waals surface area contributed by atoms with Gasteiger partial charge in [-0.05, 0) is 24.3 Å². The Bertz CT molecular complexity index is 569. The van der Waals surface area contributed by atoms with Crippen LogP contribution in [0.1, 0.15) is 12.0 Å². The van der Waals surface area contributed by atoms with Crippen molar-refractivity contribution >= 4 is 27.5 Å². The van der Waals surface area contributed by atoms with Crippen molar-refractivity contribution in [3.63, 3.8) is 0 Å². The lowest BCUT2D eigenvalue weighted by Gasteiger charge is -2.14. The minimum absolute atomic E-state index is 0.0599. The smallest absolute Gasteiger partial charge is 0.230 e. The van der Waals surface area contributed by atoms with Crippen LogP contribution in [0.3, 0.4) is 0 Å². The molecule has 0 aliphatic rings. The summed E-state index contributed by atoms with van der Waals surface area (Å²) in [7, 11) is 2.11. The lowest BCUT2D eigenvalue weighted by Crippen LogP contribution is -3.07. The number of nitrogens with one attached hydrogen (secondary N) is 2. The number of benzene rings is 2. The highest BCUT2D eigenvalue weighted by molar-refractivity contribution is 9.10. The second-order valence-electron chi connectivity index (χ2n) is 5.17. The van der Waals surface area contributed by atoms with Crippen LogP contribution in [0.5, 0.6) is 0 Å². The van der Waals surface area contributed by atoms with Crippen molar-refractivity contribution in [3.05, 3.63) is 64.6 Å². The summed E-state index contributed by atoms with van der Waals surface area (Å²) in [5.74, 6) is 0.0599. The Labute approximate surface area is 134 Å². The third-order valence-electron chi connectivity index (χ3n) is 3.26. The molecule has 1 unspecified atom stereocenters. The summed E-state index contributed by atoms with van der Waals surface area (Å²) in [6.45, 7) is 1.75. The highest BCUT2D eigenvalue weighted by Gasteiger charge is 2.08. The number of hydrogen-bond acceptors (Lipinski definition) is 1. The molecule has 4 heteroatoms. The van der Waals surface area contributed by atoms with Crippen LogP contribution in [0, 0.1) is 0 Å². The summed E-state index contributed by atoms with van der Waals surface area (Å²) >= 11 is 3.38. The maximum atomic E-state index is 11.9. The number of carbonyl (C=O) groups excluding carboxylic acids is 1. The van der Waals surface area contributed by atoms with E-state index in [9.17, 15) is 4.79 Å². The summed E-state index contributed by atoms with van der Waals surface area (Å²) in [6.07, 6.45) is 0.523. The van der Waals surface area contributed by atoms with Gasteiger partial charge in [-0.1, -0.05) is 46.3 Å². The van der Waals surface area contributed by atoms with Crippen molar-refractivity contribution in [3.8, 4) is 0 Å². The van der Waals surface area contributed by atoms with E-state index < -0.39 is 0 Å². The predicted octanol–water partition coefficient (Wildman–Crippen LogP) is 2.49. The molecule has 3 nitrogen and oxygen atoms in total. The number of carbonyl (C=O) groups is 1. The molecular formula is C17H20BrN2O+. The third-order valence-corrected chi connectivity index (χ3v) is 3.78. The Morgan fingerprint density at radius 1 is 1.10 bits per heavy atom. The van der Waals surface area contributed by atoms with Crippen molar-refractivity contribution in [2.75, 3.05) is 18.9 Å². The van der Waals surface area contributed by atoms with E-state index in [4.69, 9.17) is 0 Å². The monoisotopic (exact) mass is 347 g/mol. The van der Waals surface area contributed by atoms with Crippen LogP contribution in [0.4, 0.5) is 5.69 Å². The summed E-state index contributed by atoms with van der Waals surface area (Å²) in [5, 5.41) is 2.92. The first-order valence-electron chi connectivity index (χ1n) is 7.04. The van der Waals surface area contributed by atoms with Gasteiger partial charge in [0.05, 0.1) is 20.0 Å². The van der Waals surface area contributed by atoms with Gasteiger partial charge in [0.15, 0.2) is 0 Å². The van der Waals surface area contributed by atoms with Gasteiger partial charge in [0.25, 0.3) is 0 Å². The summed E-state index contributed by atoms with van der Waals surface area (Å²) in [6, 6.07) is 18.0. The Hall–Kier alpha value is -1.65. The molecule has 0 radical (unpaired) electrons. The lowest BCUT2D eigenvalue weighted by molar-refractivity contribution is -0.893. The number of halogens is 1. The summed E-state index contributed by atoms with van der Waals surface area (Å²) < 4.78 is 1.01. The van der Waals surface area contributed by atoms with Gasteiger partial charge in [-0.15, -0.1) is 0 Å². The van der Waals surface area contributed by atoms with E-state index in [2.05, 4.69) is 40.4 Å². The molecule has 0 aliphatic heterocycles. The molecule has 0 bridgehead atoms. The fourth-order valence-corrected chi connectivity index (χ4v) is 2.38. The molecule has 0 spiro atoms. The minimum Gasteiger partial charge on any atom is -0.333 e. The van der Waals surface area contributed by atoms with Gasteiger partial charge >= 0.3 is 0 Å². The Morgan fingerprint density at radius 3 is 2.43 bits per heavy atom. The van der Waals surface area contributed by atoms with Crippen molar-refractivity contribution in [2.24, 2.45) is 0 Å². The van der Waals surface area contributed by atoms with E-state index in [0.29, 0.717) is 6.42 Å². The number of rotatable bonds is 6. The van der Waals surface area contributed by atoms with Gasteiger partial charge in [0.1, 0.15) is 6.54 Å². The maximum Gasteiger partial charge on any atom is 0.230 e. The van der Waals surface area contributed by atoms with E-state index in [0.717, 1.165) is 23.2 Å². The predicted molar refractivity (Wildman–Crippen MR) is 89.3 cm³/mol. The van der Waals surface area contributed by atoms with Crippen LogP contribution >= 0.6 is 15.9 Å². The second kappa shape index (κ2) is 7.96. The summed E-state index contributed by atoms with van der Waals surface area (Å²) in [4.78, 5) is 13.2. The van der Waals surface area contributed by atoms with E-state index in [1.165, 1.54) is 10.5 Å². The normalized spacial score (nSPS) is 11.9. The molecule has 0 heterocycles. The first-order valence-corrected chi connectivity index (χ1v) is 7.83. The zero-order valence-corrected chi connectivity index (χ0v) is 13.7. The quantitative estimate of drug-likeness (QED) is 0.826. The average Bonchev–Trinajstić information content (AvgIpc) is 2.49. The highest BCUT2D eigenvalue weighted by atomic mass is 79.9. The number of quaternary nitrogens is 1.